The van der Waals surface area contributed by atoms with Gasteiger partial charge in [0.05, 0.1) is 26.2 Å². The first-order valence-electron chi connectivity index (χ1n) is 10.5. The van der Waals surface area contributed by atoms with Crippen LogP contribution in [-0.4, -0.2) is 22.5 Å². The third-order valence-corrected chi connectivity index (χ3v) is 6.93. The SMILES string of the molecule is C=CCN1C(=O)/C(=C/c2ccc(-c3c(Cl)cccc3Cl)o2)SC1=Nc1cccc2ccccc12. The molecule has 7 heteroatoms. The number of nitrogens with zero attached hydrogens (tertiary/aromatic N) is 2. The van der Waals surface area contributed by atoms with Crippen LogP contribution in [0.2, 0.25) is 10.0 Å². The van der Waals surface area contributed by atoms with E-state index in [4.69, 9.17) is 32.6 Å². The molecule has 1 aliphatic heterocycles. The molecule has 34 heavy (non-hydrogen) atoms. The lowest BCUT2D eigenvalue weighted by atomic mass is 10.1. The number of furan rings is 1. The van der Waals surface area contributed by atoms with Crippen molar-refractivity contribution >= 4 is 68.6 Å². The van der Waals surface area contributed by atoms with Gasteiger partial charge >= 0.3 is 0 Å². The first-order valence-corrected chi connectivity index (χ1v) is 12.1. The number of carbonyl (C=O) groups is 1. The number of halogens is 2. The third kappa shape index (κ3) is 4.30. The molecule has 0 unspecified atom stereocenters. The molecule has 1 aliphatic rings. The highest BCUT2D eigenvalue weighted by molar-refractivity contribution is 8.18. The van der Waals surface area contributed by atoms with Gasteiger partial charge in [0.25, 0.3) is 5.91 Å². The van der Waals surface area contributed by atoms with Gasteiger partial charge in [-0.15, -0.1) is 6.58 Å². The van der Waals surface area contributed by atoms with Crippen LogP contribution >= 0.6 is 35.0 Å². The molecular weight excluding hydrogens is 487 g/mol. The van der Waals surface area contributed by atoms with Gasteiger partial charge in [0.1, 0.15) is 11.5 Å². The maximum atomic E-state index is 13.2. The molecule has 4 aromatic rings. The van der Waals surface area contributed by atoms with E-state index in [0.29, 0.717) is 43.7 Å². The summed E-state index contributed by atoms with van der Waals surface area (Å²) >= 11 is 13.9. The number of aliphatic imine (C=N–C) groups is 1. The molecule has 2 heterocycles. The Morgan fingerprint density at radius 3 is 2.50 bits per heavy atom. The minimum Gasteiger partial charge on any atom is -0.457 e. The first kappa shape index (κ1) is 22.5. The zero-order valence-electron chi connectivity index (χ0n) is 17.9. The summed E-state index contributed by atoms with van der Waals surface area (Å²) in [5, 5.41) is 3.69. The van der Waals surface area contributed by atoms with Gasteiger partial charge < -0.3 is 4.42 Å². The van der Waals surface area contributed by atoms with Crippen LogP contribution in [-0.2, 0) is 4.79 Å². The summed E-state index contributed by atoms with van der Waals surface area (Å²) in [6, 6.07) is 22.8. The minimum absolute atomic E-state index is 0.155. The number of hydrogen-bond acceptors (Lipinski definition) is 4. The topological polar surface area (TPSA) is 45.8 Å². The second-order valence-electron chi connectivity index (χ2n) is 7.51. The van der Waals surface area contributed by atoms with Crippen LogP contribution in [0.5, 0.6) is 0 Å². The molecular formula is C27H18Cl2N2O2S. The average Bonchev–Trinajstić information content (AvgIpc) is 3.40. The highest BCUT2D eigenvalue weighted by atomic mass is 35.5. The van der Waals surface area contributed by atoms with Crippen LogP contribution in [0.1, 0.15) is 5.76 Å². The minimum atomic E-state index is -0.155. The Kier molecular flexibility index (Phi) is 6.33. The van der Waals surface area contributed by atoms with Crippen molar-refractivity contribution in [2.45, 2.75) is 0 Å². The molecule has 1 fully saturated rings. The standard InChI is InChI=1S/C27H18Cl2N2O2S/c1-2-15-31-26(32)24(16-18-13-14-23(33-18)25-20(28)10-6-11-21(25)29)34-27(31)30-22-12-5-8-17-7-3-4-9-19(17)22/h2-14,16H,1,15H2/b24-16-,30-27?. The molecule has 1 amide bonds. The molecule has 0 atom stereocenters. The van der Waals surface area contributed by atoms with Gasteiger partial charge in [-0.25, -0.2) is 4.99 Å². The van der Waals surface area contributed by atoms with Crippen molar-refractivity contribution in [3.63, 3.8) is 0 Å². The fourth-order valence-electron chi connectivity index (χ4n) is 3.72. The zero-order chi connectivity index (χ0) is 23.7. The van der Waals surface area contributed by atoms with E-state index < -0.39 is 0 Å². The molecule has 3 aromatic carbocycles. The van der Waals surface area contributed by atoms with Gasteiger partial charge in [0.2, 0.25) is 0 Å². The van der Waals surface area contributed by atoms with Crippen molar-refractivity contribution in [2.24, 2.45) is 4.99 Å². The van der Waals surface area contributed by atoms with Crippen molar-refractivity contribution in [3.05, 3.63) is 106 Å². The van der Waals surface area contributed by atoms with E-state index in [1.54, 1.807) is 47.4 Å². The van der Waals surface area contributed by atoms with Crippen molar-refractivity contribution in [3.8, 4) is 11.3 Å². The van der Waals surface area contributed by atoms with Gasteiger partial charge in [-0.3, -0.25) is 9.69 Å². The Hall–Kier alpha value is -3.25. The van der Waals surface area contributed by atoms with Crippen LogP contribution in [0.25, 0.3) is 28.2 Å². The molecule has 1 aromatic heterocycles. The predicted molar refractivity (Wildman–Crippen MR) is 143 cm³/mol. The second kappa shape index (κ2) is 9.55. The monoisotopic (exact) mass is 504 g/mol. The van der Waals surface area contributed by atoms with Gasteiger partial charge in [0.15, 0.2) is 5.17 Å². The molecule has 1 saturated heterocycles. The summed E-state index contributed by atoms with van der Waals surface area (Å²) in [7, 11) is 0. The lowest BCUT2D eigenvalue weighted by Crippen LogP contribution is -2.29. The molecule has 0 radical (unpaired) electrons. The van der Waals surface area contributed by atoms with E-state index in [-0.39, 0.29) is 5.91 Å². The summed E-state index contributed by atoms with van der Waals surface area (Å²) in [6.07, 6.45) is 3.40. The number of thioether (sulfide) groups is 1. The number of amidine groups is 1. The van der Waals surface area contributed by atoms with Crippen LogP contribution in [0.15, 0.2) is 99.8 Å². The lowest BCUT2D eigenvalue weighted by Gasteiger charge is -2.13. The number of amides is 1. The normalized spacial score (nSPS) is 16.2. The zero-order valence-corrected chi connectivity index (χ0v) is 20.2. The van der Waals surface area contributed by atoms with Gasteiger partial charge in [-0.2, -0.15) is 0 Å². The predicted octanol–water partition coefficient (Wildman–Crippen LogP) is 8.20. The van der Waals surface area contributed by atoms with E-state index in [2.05, 4.69) is 6.58 Å². The van der Waals surface area contributed by atoms with Gasteiger partial charge in [-0.05, 0) is 47.5 Å². The summed E-state index contributed by atoms with van der Waals surface area (Å²) < 4.78 is 5.96. The van der Waals surface area contributed by atoms with E-state index >= 15 is 0 Å². The molecule has 0 saturated carbocycles. The first-order chi connectivity index (χ1) is 16.5. The maximum absolute atomic E-state index is 13.2. The fourth-order valence-corrected chi connectivity index (χ4v) is 5.28. The molecule has 0 N–H and O–H groups in total. The third-order valence-electron chi connectivity index (χ3n) is 5.29. The molecule has 168 valence electrons. The summed E-state index contributed by atoms with van der Waals surface area (Å²) in [5.74, 6) is 0.898. The largest absolute Gasteiger partial charge is 0.457 e. The quantitative estimate of drug-likeness (QED) is 0.203. The summed E-state index contributed by atoms with van der Waals surface area (Å²) in [4.78, 5) is 20.1. The molecule has 0 bridgehead atoms. The van der Waals surface area contributed by atoms with Crippen molar-refractivity contribution < 1.29 is 9.21 Å². The summed E-state index contributed by atoms with van der Waals surface area (Å²) in [6.45, 7) is 4.14. The van der Waals surface area contributed by atoms with Crippen LogP contribution < -0.4 is 0 Å². The highest BCUT2D eigenvalue weighted by Gasteiger charge is 2.33. The molecule has 0 spiro atoms. The van der Waals surface area contributed by atoms with Gasteiger partial charge in [-0.1, -0.05) is 71.7 Å². The van der Waals surface area contributed by atoms with E-state index in [1.807, 2.05) is 42.5 Å². The summed E-state index contributed by atoms with van der Waals surface area (Å²) in [5.41, 5.74) is 1.42. The number of carbonyl (C=O) groups excluding carboxylic acids is 1. The highest BCUT2D eigenvalue weighted by Crippen LogP contribution is 2.38. The number of fused-ring (bicyclic) bond motifs is 1. The molecule has 5 rings (SSSR count). The number of hydrogen-bond donors (Lipinski definition) is 0. The lowest BCUT2D eigenvalue weighted by molar-refractivity contribution is -0.121. The van der Waals surface area contributed by atoms with Crippen molar-refractivity contribution in [1.82, 2.24) is 4.90 Å². The number of rotatable bonds is 5. The smallest absolute Gasteiger partial charge is 0.267 e. The van der Waals surface area contributed by atoms with E-state index in [0.717, 1.165) is 16.5 Å². The molecule has 4 nitrogen and oxygen atoms in total. The number of benzene rings is 3. The fraction of sp³-hybridized carbons (Fsp3) is 0.0370. The van der Waals surface area contributed by atoms with E-state index in [9.17, 15) is 4.79 Å². The Morgan fingerprint density at radius 2 is 1.71 bits per heavy atom. The Labute approximate surface area is 211 Å². The Balaban J connectivity index is 1.51. The Morgan fingerprint density at radius 1 is 0.971 bits per heavy atom. The maximum Gasteiger partial charge on any atom is 0.267 e. The Bertz CT molecular complexity index is 1460. The van der Waals surface area contributed by atoms with E-state index in [1.165, 1.54) is 11.8 Å². The molecule has 0 aliphatic carbocycles. The van der Waals surface area contributed by atoms with Crippen molar-refractivity contribution in [2.75, 3.05) is 6.54 Å². The average molecular weight is 505 g/mol. The van der Waals surface area contributed by atoms with Gasteiger partial charge in [0, 0.05) is 18.0 Å². The van der Waals surface area contributed by atoms with Crippen LogP contribution in [0, 0.1) is 0 Å². The van der Waals surface area contributed by atoms with Crippen LogP contribution in [0.4, 0.5) is 5.69 Å². The second-order valence-corrected chi connectivity index (χ2v) is 9.33. The van der Waals surface area contributed by atoms with Crippen LogP contribution in [0.3, 0.4) is 0 Å². The van der Waals surface area contributed by atoms with Crippen molar-refractivity contribution in [1.29, 1.82) is 0 Å².